The summed E-state index contributed by atoms with van der Waals surface area (Å²) in [6, 6.07) is 7.82. The number of aromatic amines is 1. The van der Waals surface area contributed by atoms with E-state index in [0.717, 1.165) is 11.3 Å². The summed E-state index contributed by atoms with van der Waals surface area (Å²) in [5.41, 5.74) is 2.87. The highest BCUT2D eigenvalue weighted by molar-refractivity contribution is 5.91. The van der Waals surface area contributed by atoms with E-state index in [-0.39, 0.29) is 23.3 Å². The van der Waals surface area contributed by atoms with Crippen LogP contribution in [-0.2, 0) is 21.4 Å². The first-order valence-electron chi connectivity index (χ1n) is 10.1. The molecule has 1 aromatic heterocycles. The van der Waals surface area contributed by atoms with Crippen LogP contribution < -0.4 is 15.8 Å². The first kappa shape index (κ1) is 21.0. The second kappa shape index (κ2) is 8.78. The molecule has 1 aromatic carbocycles. The summed E-state index contributed by atoms with van der Waals surface area (Å²) in [7, 11) is 0. The number of para-hydroxylation sites is 1. The molecule has 29 heavy (non-hydrogen) atoms. The zero-order chi connectivity index (χ0) is 21.0. The summed E-state index contributed by atoms with van der Waals surface area (Å²) in [6.45, 7) is 10.8. The predicted molar refractivity (Wildman–Crippen MR) is 115 cm³/mol. The van der Waals surface area contributed by atoms with Gasteiger partial charge in [0.25, 0.3) is 5.56 Å². The molecule has 1 amide bonds. The Balaban J connectivity index is 1.67. The van der Waals surface area contributed by atoms with Crippen LogP contribution in [0.25, 0.3) is 0 Å². The lowest BCUT2D eigenvalue weighted by molar-refractivity contribution is -0.116. The number of morpholine rings is 1. The van der Waals surface area contributed by atoms with Gasteiger partial charge in [0.05, 0.1) is 13.2 Å². The smallest absolute Gasteiger partial charge is 0.255 e. The molecule has 0 atom stereocenters. The number of rotatable bonds is 5. The minimum atomic E-state index is -0.179. The van der Waals surface area contributed by atoms with Gasteiger partial charge in [0.2, 0.25) is 11.9 Å². The fraction of sp³-hybridized carbons (Fsp3) is 0.500. The van der Waals surface area contributed by atoms with Crippen molar-refractivity contribution in [2.24, 2.45) is 0 Å². The van der Waals surface area contributed by atoms with Gasteiger partial charge in [0, 0.05) is 36.5 Å². The molecule has 0 aliphatic carbocycles. The van der Waals surface area contributed by atoms with Crippen LogP contribution in [0.5, 0.6) is 0 Å². The lowest BCUT2D eigenvalue weighted by Gasteiger charge is -2.27. The Labute approximate surface area is 171 Å². The van der Waals surface area contributed by atoms with Crippen molar-refractivity contribution in [3.8, 4) is 0 Å². The molecule has 7 nitrogen and oxygen atoms in total. The van der Waals surface area contributed by atoms with Gasteiger partial charge in [0.1, 0.15) is 0 Å². The number of carbonyl (C=O) groups excluding carboxylic acids is 1. The van der Waals surface area contributed by atoms with Gasteiger partial charge in [-0.3, -0.25) is 14.6 Å². The van der Waals surface area contributed by atoms with E-state index in [9.17, 15) is 9.59 Å². The summed E-state index contributed by atoms with van der Waals surface area (Å²) in [4.78, 5) is 34.5. The summed E-state index contributed by atoms with van der Waals surface area (Å²) < 4.78 is 5.34. The average Bonchev–Trinajstić information content (AvgIpc) is 2.67. The molecule has 1 aliphatic rings. The monoisotopic (exact) mass is 398 g/mol. The van der Waals surface area contributed by atoms with Crippen molar-refractivity contribution >= 4 is 17.5 Å². The van der Waals surface area contributed by atoms with Gasteiger partial charge in [-0.05, 0) is 30.4 Å². The largest absolute Gasteiger partial charge is 0.378 e. The van der Waals surface area contributed by atoms with E-state index < -0.39 is 0 Å². The number of H-pyrrole nitrogens is 1. The maximum Gasteiger partial charge on any atom is 0.255 e. The molecule has 2 aromatic rings. The lowest BCUT2D eigenvalue weighted by Crippen LogP contribution is -2.38. The van der Waals surface area contributed by atoms with Crippen molar-refractivity contribution in [3.05, 3.63) is 51.4 Å². The summed E-state index contributed by atoms with van der Waals surface area (Å²) in [6.07, 6.45) is 0.571. The van der Waals surface area contributed by atoms with E-state index in [1.54, 1.807) is 0 Å². The molecule has 0 saturated carbocycles. The van der Waals surface area contributed by atoms with Crippen LogP contribution in [0, 0.1) is 6.92 Å². The number of aryl methyl sites for hydroxylation is 1. The predicted octanol–water partition coefficient (Wildman–Crippen LogP) is 2.78. The van der Waals surface area contributed by atoms with Crippen molar-refractivity contribution < 1.29 is 9.53 Å². The number of anilines is 2. The summed E-state index contributed by atoms with van der Waals surface area (Å²) in [5, 5.41) is 3.00. The molecule has 0 spiro atoms. The Bertz CT molecular complexity index is 924. The van der Waals surface area contributed by atoms with Crippen molar-refractivity contribution in [1.82, 2.24) is 9.97 Å². The Hall–Kier alpha value is -2.67. The molecule has 3 rings (SSSR count). The highest BCUT2D eigenvalue weighted by Gasteiger charge is 2.20. The van der Waals surface area contributed by atoms with Crippen LogP contribution >= 0.6 is 0 Å². The van der Waals surface area contributed by atoms with Crippen molar-refractivity contribution in [1.29, 1.82) is 0 Å². The second-order valence-electron chi connectivity index (χ2n) is 8.40. The molecule has 2 heterocycles. The quantitative estimate of drug-likeness (QED) is 0.809. The minimum Gasteiger partial charge on any atom is -0.378 e. The standard InChI is InChI=1S/C22H30N4O3/c1-15-16(20(28)25-21(23-15)26-11-13-29-14-12-26)9-10-19(27)24-18-8-6-5-7-17(18)22(2,3)4/h5-8H,9-14H2,1-4H3,(H,24,27)(H,23,25,28). The number of carbonyl (C=O) groups is 1. The van der Waals surface area contributed by atoms with E-state index in [1.807, 2.05) is 36.1 Å². The van der Waals surface area contributed by atoms with Crippen LogP contribution in [-0.4, -0.2) is 42.2 Å². The Morgan fingerprint density at radius 2 is 1.93 bits per heavy atom. The molecule has 2 N–H and O–H groups in total. The van der Waals surface area contributed by atoms with E-state index in [0.29, 0.717) is 49.9 Å². The average molecular weight is 399 g/mol. The number of benzene rings is 1. The molecule has 7 heteroatoms. The van der Waals surface area contributed by atoms with Gasteiger partial charge < -0.3 is 15.0 Å². The molecule has 1 aliphatic heterocycles. The Morgan fingerprint density at radius 1 is 1.24 bits per heavy atom. The number of amides is 1. The van der Waals surface area contributed by atoms with Gasteiger partial charge in [-0.2, -0.15) is 0 Å². The number of aromatic nitrogens is 2. The Morgan fingerprint density at radius 3 is 2.59 bits per heavy atom. The van der Waals surface area contributed by atoms with E-state index >= 15 is 0 Å². The second-order valence-corrected chi connectivity index (χ2v) is 8.40. The number of nitrogens with one attached hydrogen (secondary N) is 2. The molecule has 0 radical (unpaired) electrons. The third kappa shape index (κ3) is 5.23. The highest BCUT2D eigenvalue weighted by Crippen LogP contribution is 2.29. The molecule has 1 saturated heterocycles. The Kier molecular flexibility index (Phi) is 6.37. The van der Waals surface area contributed by atoms with Crippen molar-refractivity contribution in [2.45, 2.75) is 46.0 Å². The topological polar surface area (TPSA) is 87.3 Å². The number of hydrogen-bond acceptors (Lipinski definition) is 5. The molecule has 0 bridgehead atoms. The molecular formula is C22H30N4O3. The number of nitrogens with zero attached hydrogens (tertiary/aromatic N) is 2. The van der Waals surface area contributed by atoms with Crippen molar-refractivity contribution in [3.63, 3.8) is 0 Å². The molecule has 0 unspecified atom stereocenters. The zero-order valence-corrected chi connectivity index (χ0v) is 17.7. The fourth-order valence-electron chi connectivity index (χ4n) is 3.51. The lowest BCUT2D eigenvalue weighted by atomic mass is 9.86. The number of ether oxygens (including phenoxy) is 1. The van der Waals surface area contributed by atoms with Gasteiger partial charge in [-0.1, -0.05) is 39.0 Å². The third-order valence-electron chi connectivity index (χ3n) is 5.13. The fourth-order valence-corrected chi connectivity index (χ4v) is 3.51. The molecule has 1 fully saturated rings. The first-order chi connectivity index (χ1) is 13.8. The maximum atomic E-state index is 12.6. The third-order valence-corrected chi connectivity index (χ3v) is 5.13. The van der Waals surface area contributed by atoms with E-state index in [2.05, 4.69) is 36.1 Å². The van der Waals surface area contributed by atoms with Gasteiger partial charge in [0.15, 0.2) is 0 Å². The van der Waals surface area contributed by atoms with Gasteiger partial charge in [-0.25, -0.2) is 4.98 Å². The highest BCUT2D eigenvalue weighted by atomic mass is 16.5. The number of hydrogen-bond donors (Lipinski definition) is 2. The summed E-state index contributed by atoms with van der Waals surface area (Å²) in [5.74, 6) is 0.459. The van der Waals surface area contributed by atoms with Crippen LogP contribution in [0.1, 0.15) is 44.0 Å². The van der Waals surface area contributed by atoms with E-state index in [1.165, 1.54) is 0 Å². The first-order valence-corrected chi connectivity index (χ1v) is 10.1. The van der Waals surface area contributed by atoms with Crippen LogP contribution in [0.4, 0.5) is 11.6 Å². The normalized spacial score (nSPS) is 14.7. The van der Waals surface area contributed by atoms with Crippen LogP contribution in [0.2, 0.25) is 0 Å². The molecule has 156 valence electrons. The zero-order valence-electron chi connectivity index (χ0n) is 17.7. The van der Waals surface area contributed by atoms with Gasteiger partial charge in [-0.15, -0.1) is 0 Å². The van der Waals surface area contributed by atoms with Crippen LogP contribution in [0.3, 0.4) is 0 Å². The minimum absolute atomic E-state index is 0.0726. The molecular weight excluding hydrogens is 368 g/mol. The van der Waals surface area contributed by atoms with Crippen molar-refractivity contribution in [2.75, 3.05) is 36.5 Å². The maximum absolute atomic E-state index is 12.6. The summed E-state index contributed by atoms with van der Waals surface area (Å²) >= 11 is 0. The van der Waals surface area contributed by atoms with Gasteiger partial charge >= 0.3 is 0 Å². The van der Waals surface area contributed by atoms with Crippen LogP contribution in [0.15, 0.2) is 29.1 Å². The van der Waals surface area contributed by atoms with E-state index in [4.69, 9.17) is 4.74 Å². The SMILES string of the molecule is Cc1nc(N2CCOCC2)[nH]c(=O)c1CCC(=O)Nc1ccccc1C(C)(C)C.